The van der Waals surface area contributed by atoms with Gasteiger partial charge >= 0.3 is 7.60 Å². The number of aliphatic hydroxyl groups is 1. The molecule has 0 spiro atoms. The zero-order chi connectivity index (χ0) is 17.0. The summed E-state index contributed by atoms with van der Waals surface area (Å²) in [6.45, 7) is -1.08. The van der Waals surface area contributed by atoms with E-state index in [1.807, 2.05) is 0 Å². The summed E-state index contributed by atoms with van der Waals surface area (Å²) < 4.78 is 32.2. The molecule has 0 aliphatic carbocycles. The third-order valence-corrected chi connectivity index (χ3v) is 5.36. The summed E-state index contributed by atoms with van der Waals surface area (Å²) >= 11 is 0. The van der Waals surface area contributed by atoms with E-state index in [0.717, 1.165) is 14.2 Å². The topological polar surface area (TPSA) is 117 Å². The lowest BCUT2D eigenvalue weighted by Gasteiger charge is -2.30. The monoisotopic (exact) mass is 335 g/mol. The molecule has 124 valence electrons. The minimum absolute atomic E-state index is 0.0765. The summed E-state index contributed by atoms with van der Waals surface area (Å²) in [6, 6.07) is 4.11. The summed E-state index contributed by atoms with van der Waals surface area (Å²) in [5.74, 6) is 0.518. The molecule has 0 aliphatic heterocycles. The first-order valence-corrected chi connectivity index (χ1v) is 7.60. The third kappa shape index (κ3) is 3.38. The number of nitrogens with zero attached hydrogens (tertiary/aromatic N) is 1. The van der Waals surface area contributed by atoms with Gasteiger partial charge in [0.2, 0.25) is 6.54 Å². The number of hydrogen-bond donors (Lipinski definition) is 1. The van der Waals surface area contributed by atoms with Crippen LogP contribution in [0.15, 0.2) is 18.2 Å². The van der Waals surface area contributed by atoms with Crippen LogP contribution in [0.5, 0.6) is 11.5 Å². The van der Waals surface area contributed by atoms with Crippen molar-refractivity contribution in [1.82, 2.24) is 0 Å². The molecule has 10 heteroatoms. The van der Waals surface area contributed by atoms with E-state index < -0.39 is 24.4 Å². The Morgan fingerprint density at radius 1 is 1.14 bits per heavy atom. The fourth-order valence-corrected chi connectivity index (χ4v) is 3.42. The lowest BCUT2D eigenvalue weighted by atomic mass is 10.1. The Balaban J connectivity index is 3.58. The lowest BCUT2D eigenvalue weighted by Crippen LogP contribution is -2.35. The normalized spacial score (nSPS) is 14.2. The van der Waals surface area contributed by atoms with Gasteiger partial charge in [-0.05, 0) is 12.1 Å². The smallest absolute Gasteiger partial charge is 0.372 e. The molecule has 0 saturated carbocycles. The summed E-state index contributed by atoms with van der Waals surface area (Å²) in [5, 5.41) is 19.2. The molecule has 1 N–H and O–H groups in total. The van der Waals surface area contributed by atoms with Crippen molar-refractivity contribution in [3.63, 3.8) is 0 Å². The SMILES string of the molecule is COc1cc(OC)cc(C(O)(C[N+](=O)[O-])P(=O)(OC)OC)c1. The van der Waals surface area contributed by atoms with Crippen LogP contribution in [-0.2, 0) is 19.0 Å². The quantitative estimate of drug-likeness (QED) is 0.432. The number of ether oxygens (including phenoxy) is 2. The van der Waals surface area contributed by atoms with Crippen LogP contribution in [0.2, 0.25) is 0 Å². The van der Waals surface area contributed by atoms with E-state index in [-0.39, 0.29) is 17.1 Å². The molecule has 9 nitrogen and oxygen atoms in total. The van der Waals surface area contributed by atoms with Crippen LogP contribution >= 0.6 is 7.60 Å². The van der Waals surface area contributed by atoms with E-state index in [1.165, 1.54) is 32.4 Å². The Morgan fingerprint density at radius 3 is 1.91 bits per heavy atom. The van der Waals surface area contributed by atoms with Crippen molar-refractivity contribution in [2.24, 2.45) is 0 Å². The summed E-state index contributed by atoms with van der Waals surface area (Å²) in [7, 11) is 0.577. The van der Waals surface area contributed by atoms with Crippen molar-refractivity contribution in [1.29, 1.82) is 0 Å². The van der Waals surface area contributed by atoms with Crippen molar-refractivity contribution in [3.8, 4) is 11.5 Å². The predicted molar refractivity (Wildman–Crippen MR) is 76.9 cm³/mol. The zero-order valence-electron chi connectivity index (χ0n) is 12.6. The first kappa shape index (κ1) is 18.4. The van der Waals surface area contributed by atoms with Crippen molar-refractivity contribution in [3.05, 3.63) is 33.9 Å². The van der Waals surface area contributed by atoms with Gasteiger partial charge in [0.1, 0.15) is 11.5 Å². The highest BCUT2D eigenvalue weighted by molar-refractivity contribution is 7.54. The molecular formula is C12H18NO8P. The van der Waals surface area contributed by atoms with E-state index >= 15 is 0 Å². The number of benzene rings is 1. The van der Waals surface area contributed by atoms with Gasteiger partial charge < -0.3 is 23.6 Å². The Labute approximate surface area is 127 Å². The maximum absolute atomic E-state index is 12.6. The van der Waals surface area contributed by atoms with Crippen LogP contribution in [0, 0.1) is 10.1 Å². The molecular weight excluding hydrogens is 317 g/mol. The van der Waals surface area contributed by atoms with Crippen LogP contribution in [0.3, 0.4) is 0 Å². The Morgan fingerprint density at radius 2 is 1.59 bits per heavy atom. The highest BCUT2D eigenvalue weighted by Gasteiger charge is 2.55. The molecule has 1 rings (SSSR count). The van der Waals surface area contributed by atoms with Crippen LogP contribution < -0.4 is 9.47 Å². The number of nitro groups is 1. The van der Waals surface area contributed by atoms with E-state index in [1.54, 1.807) is 0 Å². The molecule has 0 heterocycles. The van der Waals surface area contributed by atoms with Gasteiger partial charge in [-0.15, -0.1) is 0 Å². The molecule has 0 amide bonds. The van der Waals surface area contributed by atoms with Crippen molar-refractivity contribution >= 4 is 7.60 Å². The minimum atomic E-state index is -4.24. The number of methoxy groups -OCH3 is 2. The second-order valence-corrected chi connectivity index (χ2v) is 6.74. The third-order valence-electron chi connectivity index (χ3n) is 3.10. The van der Waals surface area contributed by atoms with Gasteiger partial charge in [-0.1, -0.05) is 0 Å². The molecule has 1 aromatic rings. The first-order valence-electron chi connectivity index (χ1n) is 6.05. The highest BCUT2D eigenvalue weighted by atomic mass is 31.2. The van der Waals surface area contributed by atoms with Gasteiger partial charge in [0, 0.05) is 30.8 Å². The molecule has 0 aromatic heterocycles. The van der Waals surface area contributed by atoms with Gasteiger partial charge in [-0.25, -0.2) is 0 Å². The minimum Gasteiger partial charge on any atom is -0.497 e. The van der Waals surface area contributed by atoms with Crippen molar-refractivity contribution in [2.45, 2.75) is 5.34 Å². The lowest BCUT2D eigenvalue weighted by molar-refractivity contribution is -0.496. The molecule has 1 aromatic carbocycles. The average Bonchev–Trinajstić information content (AvgIpc) is 2.52. The number of rotatable bonds is 8. The van der Waals surface area contributed by atoms with Crippen molar-refractivity contribution < 1.29 is 33.1 Å². The average molecular weight is 335 g/mol. The fraction of sp³-hybridized carbons (Fsp3) is 0.500. The van der Waals surface area contributed by atoms with E-state index in [4.69, 9.17) is 18.5 Å². The standard InChI is InChI=1S/C12H18NO8P/c1-18-10-5-9(6-11(7-10)19-2)12(14,8-13(15)16)22(17,20-3)21-4/h5-7,14H,8H2,1-4H3. The largest absolute Gasteiger partial charge is 0.497 e. The van der Waals surface area contributed by atoms with Gasteiger partial charge in [0.05, 0.1) is 14.2 Å². The van der Waals surface area contributed by atoms with Crippen LogP contribution in [0.4, 0.5) is 0 Å². The second kappa shape index (κ2) is 7.06. The van der Waals surface area contributed by atoms with E-state index in [0.29, 0.717) is 0 Å². The maximum Gasteiger partial charge on any atom is 0.372 e. The molecule has 1 unspecified atom stereocenters. The molecule has 22 heavy (non-hydrogen) atoms. The molecule has 1 atom stereocenters. The Hall–Kier alpha value is -1.67. The molecule has 0 aliphatic rings. The van der Waals surface area contributed by atoms with Crippen LogP contribution in [0.25, 0.3) is 0 Å². The molecule has 0 bridgehead atoms. The summed E-state index contributed by atoms with van der Waals surface area (Å²) in [5.41, 5.74) is -0.0765. The molecule has 0 saturated heterocycles. The van der Waals surface area contributed by atoms with Gasteiger partial charge in [-0.3, -0.25) is 14.7 Å². The van der Waals surface area contributed by atoms with Crippen LogP contribution in [0.1, 0.15) is 5.56 Å². The predicted octanol–water partition coefficient (Wildman–Crippen LogP) is 1.61. The van der Waals surface area contributed by atoms with Crippen molar-refractivity contribution in [2.75, 3.05) is 35.0 Å². The Bertz CT molecular complexity index is 562. The van der Waals surface area contributed by atoms with Gasteiger partial charge in [0.15, 0.2) is 0 Å². The molecule has 0 radical (unpaired) electrons. The second-order valence-electron chi connectivity index (χ2n) is 4.27. The molecule has 0 fully saturated rings. The Kier molecular flexibility index (Phi) is 5.90. The first-order chi connectivity index (χ1) is 10.3. The summed E-state index contributed by atoms with van der Waals surface area (Å²) in [6.07, 6.45) is 0. The maximum atomic E-state index is 12.6. The highest BCUT2D eigenvalue weighted by Crippen LogP contribution is 2.63. The van der Waals surface area contributed by atoms with E-state index in [9.17, 15) is 19.8 Å². The summed E-state index contributed by atoms with van der Waals surface area (Å²) in [4.78, 5) is 10.1. The van der Waals surface area contributed by atoms with Crippen LogP contribution in [-0.4, -0.2) is 45.0 Å². The van der Waals surface area contributed by atoms with E-state index in [2.05, 4.69) is 0 Å². The van der Waals surface area contributed by atoms with Gasteiger partial charge in [0.25, 0.3) is 5.34 Å². The zero-order valence-corrected chi connectivity index (χ0v) is 13.5. The fourth-order valence-electron chi connectivity index (χ4n) is 1.93. The number of hydrogen-bond acceptors (Lipinski definition) is 8. The van der Waals surface area contributed by atoms with Gasteiger partial charge in [-0.2, -0.15) is 0 Å².